The van der Waals surface area contributed by atoms with Gasteiger partial charge in [0.05, 0.1) is 6.20 Å². The van der Waals surface area contributed by atoms with Crippen LogP contribution in [0.15, 0.2) is 41.6 Å². The molecule has 0 atom stereocenters. The fraction of sp³-hybridized carbons (Fsp3) is 0.154. The second-order valence-electron chi connectivity index (χ2n) is 3.88. The van der Waals surface area contributed by atoms with Crippen LogP contribution in [0.2, 0.25) is 0 Å². The number of halogens is 1. The summed E-state index contributed by atoms with van der Waals surface area (Å²) in [5.74, 6) is 0. The molecular formula is C13H14BrN3. The SMILES string of the molecule is C=Cn1cc(CNc2cc(C)cc(Br)c2)cn1. The molecule has 0 spiro atoms. The number of anilines is 1. The fourth-order valence-electron chi connectivity index (χ4n) is 1.61. The van der Waals surface area contributed by atoms with Gasteiger partial charge in [0.2, 0.25) is 0 Å². The molecule has 0 saturated heterocycles. The highest BCUT2D eigenvalue weighted by Gasteiger charge is 1.99. The molecule has 0 fully saturated rings. The molecule has 4 heteroatoms. The van der Waals surface area contributed by atoms with Crippen molar-refractivity contribution >= 4 is 27.8 Å². The van der Waals surface area contributed by atoms with E-state index in [0.717, 1.165) is 22.3 Å². The summed E-state index contributed by atoms with van der Waals surface area (Å²) in [4.78, 5) is 0. The second-order valence-corrected chi connectivity index (χ2v) is 4.80. The summed E-state index contributed by atoms with van der Waals surface area (Å²) in [5, 5.41) is 7.49. The number of benzene rings is 1. The lowest BCUT2D eigenvalue weighted by molar-refractivity contribution is 0.936. The number of aryl methyl sites for hydroxylation is 1. The summed E-state index contributed by atoms with van der Waals surface area (Å²) in [7, 11) is 0. The quantitative estimate of drug-likeness (QED) is 0.932. The maximum Gasteiger partial charge on any atom is 0.0543 e. The lowest BCUT2D eigenvalue weighted by atomic mass is 10.2. The molecule has 1 aromatic heterocycles. The number of nitrogens with one attached hydrogen (secondary N) is 1. The Balaban J connectivity index is 2.04. The van der Waals surface area contributed by atoms with Gasteiger partial charge in [-0.25, -0.2) is 4.68 Å². The molecule has 0 bridgehead atoms. The van der Waals surface area contributed by atoms with Crippen LogP contribution < -0.4 is 5.32 Å². The van der Waals surface area contributed by atoms with Gasteiger partial charge in [0.15, 0.2) is 0 Å². The molecule has 3 nitrogen and oxygen atoms in total. The van der Waals surface area contributed by atoms with Crippen molar-refractivity contribution in [2.45, 2.75) is 13.5 Å². The van der Waals surface area contributed by atoms with Crippen LogP contribution in [-0.2, 0) is 6.54 Å². The van der Waals surface area contributed by atoms with Gasteiger partial charge < -0.3 is 5.32 Å². The highest BCUT2D eigenvalue weighted by Crippen LogP contribution is 2.19. The van der Waals surface area contributed by atoms with E-state index in [0.29, 0.717) is 0 Å². The highest BCUT2D eigenvalue weighted by molar-refractivity contribution is 9.10. The molecule has 0 aliphatic carbocycles. The minimum atomic E-state index is 0.754. The summed E-state index contributed by atoms with van der Waals surface area (Å²) in [6, 6.07) is 6.26. The fourth-order valence-corrected chi connectivity index (χ4v) is 2.22. The topological polar surface area (TPSA) is 29.9 Å². The normalized spacial score (nSPS) is 10.2. The van der Waals surface area contributed by atoms with Gasteiger partial charge in [-0.1, -0.05) is 22.5 Å². The average Bonchev–Trinajstić information content (AvgIpc) is 2.73. The monoisotopic (exact) mass is 291 g/mol. The first-order valence-corrected chi connectivity index (χ1v) is 6.13. The van der Waals surface area contributed by atoms with Crippen molar-refractivity contribution in [1.82, 2.24) is 9.78 Å². The third kappa shape index (κ3) is 3.20. The first kappa shape index (κ1) is 11.9. The van der Waals surface area contributed by atoms with Crippen LogP contribution in [0.3, 0.4) is 0 Å². The Labute approximate surface area is 109 Å². The number of rotatable bonds is 4. The van der Waals surface area contributed by atoms with E-state index >= 15 is 0 Å². The van der Waals surface area contributed by atoms with E-state index in [9.17, 15) is 0 Å². The third-order valence-electron chi connectivity index (χ3n) is 2.38. The van der Waals surface area contributed by atoms with Crippen molar-refractivity contribution in [2.75, 3.05) is 5.32 Å². The second kappa shape index (κ2) is 5.19. The number of hydrogen-bond acceptors (Lipinski definition) is 2. The Hall–Kier alpha value is -1.55. The smallest absolute Gasteiger partial charge is 0.0543 e. The molecule has 0 unspecified atom stereocenters. The summed E-state index contributed by atoms with van der Waals surface area (Å²) in [5.41, 5.74) is 3.45. The van der Waals surface area contributed by atoms with E-state index in [-0.39, 0.29) is 0 Å². The van der Waals surface area contributed by atoms with Gasteiger partial charge in [0.25, 0.3) is 0 Å². The first-order chi connectivity index (χ1) is 8.17. The standard InChI is InChI=1S/C13H14BrN3/c1-3-17-9-11(8-16-17)7-15-13-5-10(2)4-12(14)6-13/h3-6,8-9,15H,1,7H2,2H3. The van der Waals surface area contributed by atoms with Gasteiger partial charge in [-0.3, -0.25) is 0 Å². The molecule has 0 saturated carbocycles. The minimum Gasteiger partial charge on any atom is -0.381 e. The molecule has 0 amide bonds. The number of nitrogens with zero attached hydrogens (tertiary/aromatic N) is 2. The van der Waals surface area contributed by atoms with Gasteiger partial charge in [-0.2, -0.15) is 5.10 Å². The van der Waals surface area contributed by atoms with Gasteiger partial charge in [-0.05, 0) is 30.7 Å². The van der Waals surface area contributed by atoms with Gasteiger partial charge in [-0.15, -0.1) is 0 Å². The molecular weight excluding hydrogens is 278 g/mol. The van der Waals surface area contributed by atoms with Gasteiger partial charge in [0.1, 0.15) is 0 Å². The Morgan fingerprint density at radius 1 is 1.47 bits per heavy atom. The Morgan fingerprint density at radius 2 is 2.29 bits per heavy atom. The van der Waals surface area contributed by atoms with Crippen molar-refractivity contribution in [3.63, 3.8) is 0 Å². The molecule has 2 aromatic rings. The minimum absolute atomic E-state index is 0.754. The molecule has 1 heterocycles. The summed E-state index contributed by atoms with van der Waals surface area (Å²) >= 11 is 3.48. The van der Waals surface area contributed by atoms with E-state index in [2.05, 4.69) is 58.0 Å². The molecule has 0 radical (unpaired) electrons. The Morgan fingerprint density at radius 3 is 2.94 bits per heavy atom. The molecule has 2 rings (SSSR count). The van der Waals surface area contributed by atoms with Crippen LogP contribution >= 0.6 is 15.9 Å². The largest absolute Gasteiger partial charge is 0.381 e. The predicted octanol–water partition coefficient (Wildman–Crippen LogP) is 3.67. The van der Waals surface area contributed by atoms with E-state index in [1.54, 1.807) is 10.9 Å². The lowest BCUT2D eigenvalue weighted by Crippen LogP contribution is -1.98. The summed E-state index contributed by atoms with van der Waals surface area (Å²) in [6.07, 6.45) is 5.46. The van der Waals surface area contributed by atoms with Crippen LogP contribution in [0.25, 0.3) is 6.20 Å². The zero-order chi connectivity index (χ0) is 12.3. The molecule has 0 aliphatic rings. The van der Waals surface area contributed by atoms with E-state index in [4.69, 9.17) is 0 Å². The molecule has 1 aromatic carbocycles. The van der Waals surface area contributed by atoms with Crippen molar-refractivity contribution in [3.05, 3.63) is 52.8 Å². The summed E-state index contributed by atoms with van der Waals surface area (Å²) < 4.78 is 2.78. The van der Waals surface area contributed by atoms with Crippen LogP contribution in [0.1, 0.15) is 11.1 Å². The maximum atomic E-state index is 4.13. The van der Waals surface area contributed by atoms with Crippen molar-refractivity contribution in [1.29, 1.82) is 0 Å². The van der Waals surface area contributed by atoms with Crippen molar-refractivity contribution in [2.24, 2.45) is 0 Å². The van der Waals surface area contributed by atoms with Crippen LogP contribution in [0.4, 0.5) is 5.69 Å². The Kier molecular flexibility index (Phi) is 3.64. The van der Waals surface area contributed by atoms with Crippen molar-refractivity contribution in [3.8, 4) is 0 Å². The molecule has 17 heavy (non-hydrogen) atoms. The lowest BCUT2D eigenvalue weighted by Gasteiger charge is -2.06. The van der Waals surface area contributed by atoms with E-state index in [1.165, 1.54) is 5.56 Å². The average molecular weight is 292 g/mol. The summed E-state index contributed by atoms with van der Waals surface area (Å²) in [6.45, 7) is 6.49. The predicted molar refractivity (Wildman–Crippen MR) is 74.8 cm³/mol. The van der Waals surface area contributed by atoms with Gasteiger partial charge >= 0.3 is 0 Å². The highest BCUT2D eigenvalue weighted by atomic mass is 79.9. The molecule has 1 N–H and O–H groups in total. The van der Waals surface area contributed by atoms with Crippen LogP contribution in [-0.4, -0.2) is 9.78 Å². The van der Waals surface area contributed by atoms with Gasteiger partial charge in [0, 0.05) is 34.7 Å². The molecule has 88 valence electrons. The zero-order valence-electron chi connectivity index (χ0n) is 9.65. The number of hydrogen-bond donors (Lipinski definition) is 1. The van der Waals surface area contributed by atoms with Crippen LogP contribution in [0, 0.1) is 6.92 Å². The first-order valence-electron chi connectivity index (χ1n) is 5.34. The third-order valence-corrected chi connectivity index (χ3v) is 2.84. The van der Waals surface area contributed by atoms with Crippen molar-refractivity contribution < 1.29 is 0 Å². The number of aromatic nitrogens is 2. The maximum absolute atomic E-state index is 4.13. The zero-order valence-corrected chi connectivity index (χ0v) is 11.2. The Bertz CT molecular complexity index is 511. The molecule has 0 aliphatic heterocycles. The van der Waals surface area contributed by atoms with E-state index in [1.807, 2.05) is 12.4 Å². The van der Waals surface area contributed by atoms with E-state index < -0.39 is 0 Å². The van der Waals surface area contributed by atoms with Crippen LogP contribution in [0.5, 0.6) is 0 Å².